The van der Waals surface area contributed by atoms with E-state index in [9.17, 15) is 4.79 Å². The van der Waals surface area contributed by atoms with Crippen molar-refractivity contribution in [1.29, 1.82) is 0 Å². The molecule has 1 aromatic carbocycles. The van der Waals surface area contributed by atoms with Gasteiger partial charge in [0.15, 0.2) is 5.75 Å². The number of hydrogen-bond donors (Lipinski definition) is 2. The van der Waals surface area contributed by atoms with Gasteiger partial charge in [-0.2, -0.15) is 0 Å². The van der Waals surface area contributed by atoms with E-state index in [1.165, 1.54) is 12.8 Å². The van der Waals surface area contributed by atoms with E-state index < -0.39 is 6.03 Å². The number of anilines is 1. The second-order valence-electron chi connectivity index (χ2n) is 9.61. The van der Waals surface area contributed by atoms with E-state index in [2.05, 4.69) is 43.0 Å². The number of benzene rings is 1. The summed E-state index contributed by atoms with van der Waals surface area (Å²) in [6.45, 7) is 14.3. The van der Waals surface area contributed by atoms with Gasteiger partial charge in [0.05, 0.1) is 18.0 Å². The Hall–Kier alpha value is -2.32. The Kier molecular flexibility index (Phi) is 7.20. The molecule has 1 aromatic rings. The molecule has 1 heterocycles. The van der Waals surface area contributed by atoms with Crippen LogP contribution in [0, 0.1) is 17.3 Å². The molecular formula is C22H35N5O3. The summed E-state index contributed by atoms with van der Waals surface area (Å²) in [4.78, 5) is 30.1. The van der Waals surface area contributed by atoms with Crippen LogP contribution in [0.3, 0.4) is 0 Å². The van der Waals surface area contributed by atoms with Crippen LogP contribution in [-0.2, 0) is 4.84 Å². The van der Waals surface area contributed by atoms with E-state index in [4.69, 9.17) is 15.4 Å². The molecule has 3 rings (SSSR count). The van der Waals surface area contributed by atoms with Crippen molar-refractivity contribution in [3.05, 3.63) is 18.2 Å². The number of nitrogens with one attached hydrogen (secondary N) is 1. The quantitative estimate of drug-likeness (QED) is 0.327. The highest BCUT2D eigenvalue weighted by molar-refractivity contribution is 5.73. The van der Waals surface area contributed by atoms with Crippen LogP contribution >= 0.6 is 0 Å². The molecule has 3 N–H and O–H groups in total. The van der Waals surface area contributed by atoms with E-state index in [0.717, 1.165) is 36.8 Å². The fourth-order valence-electron chi connectivity index (χ4n) is 3.44. The van der Waals surface area contributed by atoms with Crippen LogP contribution in [0.4, 0.5) is 16.2 Å². The third kappa shape index (κ3) is 6.60. The van der Waals surface area contributed by atoms with Crippen LogP contribution in [0.15, 0.2) is 23.2 Å². The lowest BCUT2D eigenvalue weighted by atomic mass is 9.92. The molecule has 1 aliphatic heterocycles. The smallest absolute Gasteiger partial charge is 0.314 e. The molecule has 8 nitrogen and oxygen atoms in total. The molecule has 1 aliphatic carbocycles. The molecule has 0 spiro atoms. The largest absolute Gasteiger partial charge is 0.383 e. The maximum absolute atomic E-state index is 11.0. The van der Waals surface area contributed by atoms with Crippen LogP contribution in [0.5, 0.6) is 5.75 Å². The Balaban J connectivity index is 1.52. The zero-order valence-electron chi connectivity index (χ0n) is 18.4. The average Bonchev–Trinajstić information content (AvgIpc) is 3.46. The second-order valence-corrected chi connectivity index (χ2v) is 9.61. The van der Waals surface area contributed by atoms with Crippen molar-refractivity contribution in [1.82, 2.24) is 10.5 Å². The summed E-state index contributed by atoms with van der Waals surface area (Å²) >= 11 is 0. The lowest BCUT2D eigenvalue weighted by Crippen LogP contribution is -2.54. The highest BCUT2D eigenvalue weighted by Crippen LogP contribution is 2.37. The summed E-state index contributed by atoms with van der Waals surface area (Å²) in [5, 5.41) is 0. The predicted molar refractivity (Wildman–Crippen MR) is 119 cm³/mol. The zero-order chi connectivity index (χ0) is 21.7. The maximum Gasteiger partial charge on any atom is 0.314 e. The van der Waals surface area contributed by atoms with Crippen molar-refractivity contribution in [3.8, 4) is 5.75 Å². The summed E-state index contributed by atoms with van der Waals surface area (Å²) in [5.41, 5.74) is 9.91. The highest BCUT2D eigenvalue weighted by atomic mass is 16.9. The minimum Gasteiger partial charge on any atom is -0.383 e. The van der Waals surface area contributed by atoms with Crippen LogP contribution in [0.1, 0.15) is 40.0 Å². The molecule has 2 aliphatic rings. The highest BCUT2D eigenvalue weighted by Gasteiger charge is 2.29. The molecule has 0 unspecified atom stereocenters. The van der Waals surface area contributed by atoms with Crippen molar-refractivity contribution in [3.63, 3.8) is 0 Å². The van der Waals surface area contributed by atoms with Crippen molar-refractivity contribution in [2.24, 2.45) is 28.0 Å². The Morgan fingerprint density at radius 3 is 2.67 bits per heavy atom. The van der Waals surface area contributed by atoms with E-state index in [-0.39, 0.29) is 11.3 Å². The first-order valence-electron chi connectivity index (χ1n) is 10.7. The molecule has 8 heteroatoms. The minimum absolute atomic E-state index is 0.264. The summed E-state index contributed by atoms with van der Waals surface area (Å²) in [7, 11) is 0. The lowest BCUT2D eigenvalue weighted by molar-refractivity contribution is -0.128. The van der Waals surface area contributed by atoms with Gasteiger partial charge < -0.3 is 20.4 Å². The molecule has 2 amide bonds. The number of nitrogens with zero attached hydrogens (tertiary/aromatic N) is 3. The number of urea groups is 1. The Labute approximate surface area is 179 Å². The number of aliphatic imine (C=N–C) groups is 1. The monoisotopic (exact) mass is 417 g/mol. The van der Waals surface area contributed by atoms with Gasteiger partial charge in [0.25, 0.3) is 0 Å². The summed E-state index contributed by atoms with van der Waals surface area (Å²) in [6, 6.07) is 5.43. The average molecular weight is 418 g/mol. The zero-order valence-corrected chi connectivity index (χ0v) is 18.4. The summed E-state index contributed by atoms with van der Waals surface area (Å²) in [6.07, 6.45) is 3.73. The number of primary amides is 1. The number of carbonyl (C=O) groups excluding carboxylic acids is 1. The Morgan fingerprint density at radius 1 is 1.33 bits per heavy atom. The van der Waals surface area contributed by atoms with Gasteiger partial charge in [-0.3, -0.25) is 9.83 Å². The Bertz CT molecular complexity index is 739. The number of rotatable bonds is 11. The number of nitrogens with two attached hydrogens (primary N) is 1. The topological polar surface area (TPSA) is 92.4 Å². The first-order valence-corrected chi connectivity index (χ1v) is 10.7. The van der Waals surface area contributed by atoms with Gasteiger partial charge in [-0.1, -0.05) is 20.8 Å². The van der Waals surface area contributed by atoms with Gasteiger partial charge in [-0.25, -0.2) is 4.79 Å². The molecule has 0 aromatic heterocycles. The van der Waals surface area contributed by atoms with Crippen LogP contribution in [0.2, 0.25) is 0 Å². The van der Waals surface area contributed by atoms with Gasteiger partial charge in [0, 0.05) is 38.2 Å². The van der Waals surface area contributed by atoms with Crippen LogP contribution < -0.4 is 21.1 Å². The molecule has 0 radical (unpaired) electrons. The molecule has 1 saturated heterocycles. The number of hydrogen-bond acceptors (Lipinski definition) is 6. The Morgan fingerprint density at radius 2 is 2.07 bits per heavy atom. The standard InChI is InChI=1S/C22H35N5O3/c1-22(2,3)9-10-26(12-16-5-6-16)20-8-7-18(11-19(20)24-4)30-25-29-15-17-13-27(14-17)21(23)28/h7-8,11,16-17,25H,4-6,9-10,12-15H2,1-3H3,(H2,23,28). The molecule has 166 valence electrons. The maximum atomic E-state index is 11.0. The molecule has 2 fully saturated rings. The van der Waals surface area contributed by atoms with Gasteiger partial charge in [0.2, 0.25) is 0 Å². The molecule has 0 atom stereocenters. The third-order valence-electron chi connectivity index (χ3n) is 5.57. The fourth-order valence-corrected chi connectivity index (χ4v) is 3.44. The molecular weight excluding hydrogens is 382 g/mol. The van der Waals surface area contributed by atoms with Gasteiger partial charge in [-0.15, -0.1) is 0 Å². The van der Waals surface area contributed by atoms with Crippen molar-refractivity contribution >= 4 is 24.1 Å². The number of carbonyl (C=O) groups is 1. The molecule has 0 bridgehead atoms. The normalized spacial score (nSPS) is 16.8. The van der Waals surface area contributed by atoms with Crippen LogP contribution in [-0.4, -0.2) is 50.4 Å². The first-order chi connectivity index (χ1) is 14.2. The molecule has 30 heavy (non-hydrogen) atoms. The molecule has 1 saturated carbocycles. The predicted octanol–water partition coefficient (Wildman–Crippen LogP) is 3.50. The van der Waals surface area contributed by atoms with E-state index >= 15 is 0 Å². The van der Waals surface area contributed by atoms with Crippen molar-refractivity contribution in [2.45, 2.75) is 40.0 Å². The van der Waals surface area contributed by atoms with Crippen molar-refractivity contribution < 1.29 is 14.5 Å². The van der Waals surface area contributed by atoms with E-state index in [1.807, 2.05) is 18.2 Å². The second kappa shape index (κ2) is 9.66. The number of likely N-dealkylation sites (tertiary alicyclic amines) is 1. The minimum atomic E-state index is -0.391. The van der Waals surface area contributed by atoms with Crippen molar-refractivity contribution in [2.75, 3.05) is 37.7 Å². The SMILES string of the molecule is C=Nc1cc(ONOCC2CN(C(N)=O)C2)ccc1N(CCC(C)(C)C)CC1CC1. The van der Waals surface area contributed by atoms with Gasteiger partial charge in [-0.05, 0) is 55.1 Å². The first kappa shape index (κ1) is 22.4. The van der Waals surface area contributed by atoms with Gasteiger partial charge in [0.1, 0.15) is 0 Å². The fraction of sp³-hybridized carbons (Fsp3) is 0.636. The summed E-state index contributed by atoms with van der Waals surface area (Å²) < 4.78 is 0. The third-order valence-corrected chi connectivity index (χ3v) is 5.57. The van der Waals surface area contributed by atoms with Gasteiger partial charge >= 0.3 is 6.03 Å². The summed E-state index contributed by atoms with van der Waals surface area (Å²) in [5.74, 6) is 1.65. The van der Waals surface area contributed by atoms with Crippen LogP contribution in [0.25, 0.3) is 0 Å². The van der Waals surface area contributed by atoms with E-state index in [0.29, 0.717) is 25.4 Å². The lowest BCUT2D eigenvalue weighted by Gasteiger charge is -2.37. The number of amides is 2. The van der Waals surface area contributed by atoms with E-state index in [1.54, 1.807) is 4.90 Å².